The molecule has 1 aromatic carbocycles. The zero-order valence-electron chi connectivity index (χ0n) is 13.4. The molecule has 1 aliphatic rings. The van der Waals surface area contributed by atoms with Crippen LogP contribution in [-0.4, -0.2) is 35.0 Å². The van der Waals surface area contributed by atoms with Gasteiger partial charge in [-0.2, -0.15) is 0 Å². The van der Waals surface area contributed by atoms with Crippen molar-refractivity contribution in [2.45, 2.75) is 25.9 Å². The average molecular weight is 315 g/mol. The molecule has 0 atom stereocenters. The molecule has 23 heavy (non-hydrogen) atoms. The lowest BCUT2D eigenvalue weighted by molar-refractivity contribution is -0.384. The van der Waals surface area contributed by atoms with Crippen molar-refractivity contribution in [3.05, 3.63) is 52.3 Å². The summed E-state index contributed by atoms with van der Waals surface area (Å²) in [4.78, 5) is 12.7. The van der Waals surface area contributed by atoms with Crippen LogP contribution in [0.25, 0.3) is 11.3 Å². The van der Waals surface area contributed by atoms with E-state index in [1.165, 1.54) is 12.1 Å². The minimum absolute atomic E-state index is 0.0866. The molecular weight excluding hydrogens is 294 g/mol. The number of furan rings is 1. The Morgan fingerprint density at radius 1 is 1.26 bits per heavy atom. The maximum Gasteiger partial charge on any atom is 0.269 e. The third-order valence-corrected chi connectivity index (χ3v) is 4.05. The SMILES string of the molecule is CC1(C)CN(Cc2ccc(-c3ccc([N+](=O)[O-])cc3)o2)CCN1. The highest BCUT2D eigenvalue weighted by Gasteiger charge is 2.26. The number of rotatable bonds is 4. The standard InChI is InChI=1S/C17H21N3O3/c1-17(2)12-19(10-9-18-17)11-15-7-8-16(23-15)13-3-5-14(6-4-13)20(21)22/h3-8,18H,9-12H2,1-2H3. The fourth-order valence-electron chi connectivity index (χ4n) is 2.97. The summed E-state index contributed by atoms with van der Waals surface area (Å²) in [5.41, 5.74) is 1.05. The lowest BCUT2D eigenvalue weighted by atomic mass is 10.0. The smallest absolute Gasteiger partial charge is 0.269 e. The van der Waals surface area contributed by atoms with E-state index in [1.54, 1.807) is 12.1 Å². The van der Waals surface area contributed by atoms with Gasteiger partial charge in [-0.15, -0.1) is 0 Å². The second kappa shape index (κ2) is 6.14. The van der Waals surface area contributed by atoms with E-state index in [1.807, 2.05) is 12.1 Å². The molecule has 0 saturated carbocycles. The molecule has 0 aliphatic carbocycles. The number of nitrogens with one attached hydrogen (secondary N) is 1. The van der Waals surface area contributed by atoms with Crippen LogP contribution in [0.1, 0.15) is 19.6 Å². The Labute approximate surface area is 135 Å². The van der Waals surface area contributed by atoms with Crippen LogP contribution < -0.4 is 5.32 Å². The Kier molecular flexibility index (Phi) is 4.19. The summed E-state index contributed by atoms with van der Waals surface area (Å²) in [5, 5.41) is 14.2. The molecule has 122 valence electrons. The first-order valence-electron chi connectivity index (χ1n) is 7.74. The van der Waals surface area contributed by atoms with Crippen molar-refractivity contribution in [3.63, 3.8) is 0 Å². The van der Waals surface area contributed by atoms with Gasteiger partial charge in [0.05, 0.1) is 11.5 Å². The van der Waals surface area contributed by atoms with Gasteiger partial charge in [0, 0.05) is 42.9 Å². The largest absolute Gasteiger partial charge is 0.460 e. The number of hydrogen-bond acceptors (Lipinski definition) is 5. The van der Waals surface area contributed by atoms with E-state index in [0.717, 1.165) is 43.3 Å². The first-order chi connectivity index (χ1) is 10.9. The second-order valence-electron chi connectivity index (χ2n) is 6.59. The Morgan fingerprint density at radius 2 is 2.00 bits per heavy atom. The highest BCUT2D eigenvalue weighted by molar-refractivity contribution is 5.59. The number of nitro benzene ring substituents is 1. The Bertz CT molecular complexity index is 691. The normalized spacial score (nSPS) is 18.0. The number of nitro groups is 1. The number of benzene rings is 1. The van der Waals surface area contributed by atoms with E-state index < -0.39 is 4.92 Å². The van der Waals surface area contributed by atoms with Crippen molar-refractivity contribution < 1.29 is 9.34 Å². The zero-order valence-corrected chi connectivity index (χ0v) is 13.4. The summed E-state index contributed by atoms with van der Waals surface area (Å²) in [6.07, 6.45) is 0. The topological polar surface area (TPSA) is 71.5 Å². The predicted molar refractivity (Wildman–Crippen MR) is 88.2 cm³/mol. The molecule has 6 heteroatoms. The molecule has 6 nitrogen and oxygen atoms in total. The van der Waals surface area contributed by atoms with Gasteiger partial charge in [-0.05, 0) is 38.1 Å². The molecule has 1 N–H and O–H groups in total. The predicted octanol–water partition coefficient (Wildman–Crippen LogP) is 3.04. The van der Waals surface area contributed by atoms with Crippen molar-refractivity contribution >= 4 is 5.69 Å². The molecule has 0 unspecified atom stereocenters. The van der Waals surface area contributed by atoms with E-state index in [9.17, 15) is 10.1 Å². The van der Waals surface area contributed by atoms with Crippen molar-refractivity contribution in [3.8, 4) is 11.3 Å². The lowest BCUT2D eigenvalue weighted by Gasteiger charge is -2.38. The molecule has 0 radical (unpaired) electrons. The summed E-state index contributed by atoms with van der Waals surface area (Å²) < 4.78 is 5.91. The number of hydrogen-bond donors (Lipinski definition) is 1. The Morgan fingerprint density at radius 3 is 2.65 bits per heavy atom. The first-order valence-corrected chi connectivity index (χ1v) is 7.74. The average Bonchev–Trinajstić information content (AvgIpc) is 2.95. The molecule has 1 aromatic heterocycles. The van der Waals surface area contributed by atoms with Gasteiger partial charge in [0.25, 0.3) is 5.69 Å². The van der Waals surface area contributed by atoms with Crippen molar-refractivity contribution in [1.82, 2.24) is 10.2 Å². The molecular formula is C17H21N3O3. The quantitative estimate of drug-likeness (QED) is 0.693. The van der Waals surface area contributed by atoms with E-state index >= 15 is 0 Å². The van der Waals surface area contributed by atoms with Crippen molar-refractivity contribution in [2.24, 2.45) is 0 Å². The van der Waals surface area contributed by atoms with Gasteiger partial charge in [0.2, 0.25) is 0 Å². The summed E-state index contributed by atoms with van der Waals surface area (Å²) in [7, 11) is 0. The molecule has 3 rings (SSSR count). The van der Waals surface area contributed by atoms with E-state index in [-0.39, 0.29) is 11.2 Å². The fraction of sp³-hybridized carbons (Fsp3) is 0.412. The van der Waals surface area contributed by atoms with Gasteiger partial charge in [-0.1, -0.05) is 0 Å². The summed E-state index contributed by atoms with van der Waals surface area (Å²) in [5.74, 6) is 1.65. The Balaban J connectivity index is 1.69. The van der Waals surface area contributed by atoms with Gasteiger partial charge < -0.3 is 9.73 Å². The van der Waals surface area contributed by atoms with Gasteiger partial charge >= 0.3 is 0 Å². The zero-order chi connectivity index (χ0) is 16.4. The number of piperazine rings is 1. The van der Waals surface area contributed by atoms with E-state index in [4.69, 9.17) is 4.42 Å². The summed E-state index contributed by atoms with van der Waals surface area (Å²) in [6, 6.07) is 10.3. The maximum atomic E-state index is 10.7. The van der Waals surface area contributed by atoms with E-state index in [2.05, 4.69) is 24.1 Å². The third-order valence-electron chi connectivity index (χ3n) is 4.05. The van der Waals surface area contributed by atoms with Crippen molar-refractivity contribution in [2.75, 3.05) is 19.6 Å². The molecule has 1 saturated heterocycles. The fourth-order valence-corrected chi connectivity index (χ4v) is 2.97. The van der Waals surface area contributed by atoms with Crippen LogP contribution in [0, 0.1) is 10.1 Å². The van der Waals surface area contributed by atoms with Crippen LogP contribution in [0.5, 0.6) is 0 Å². The monoisotopic (exact) mass is 315 g/mol. The molecule has 0 amide bonds. The van der Waals surface area contributed by atoms with Crippen LogP contribution in [0.2, 0.25) is 0 Å². The maximum absolute atomic E-state index is 10.7. The highest BCUT2D eigenvalue weighted by atomic mass is 16.6. The molecule has 2 aromatic rings. The van der Waals surface area contributed by atoms with Gasteiger partial charge in [-0.3, -0.25) is 15.0 Å². The molecule has 0 bridgehead atoms. The van der Waals surface area contributed by atoms with Gasteiger partial charge in [0.15, 0.2) is 0 Å². The van der Waals surface area contributed by atoms with Crippen LogP contribution in [-0.2, 0) is 6.54 Å². The minimum Gasteiger partial charge on any atom is -0.460 e. The molecule has 0 spiro atoms. The number of non-ortho nitro benzene ring substituents is 1. The molecule has 2 heterocycles. The van der Waals surface area contributed by atoms with Gasteiger partial charge in [0.1, 0.15) is 11.5 Å². The van der Waals surface area contributed by atoms with Crippen LogP contribution in [0.4, 0.5) is 5.69 Å². The summed E-state index contributed by atoms with van der Waals surface area (Å²) in [6.45, 7) is 8.12. The Hall–Kier alpha value is -2.18. The summed E-state index contributed by atoms with van der Waals surface area (Å²) >= 11 is 0. The number of nitrogens with zero attached hydrogens (tertiary/aromatic N) is 2. The van der Waals surface area contributed by atoms with Crippen molar-refractivity contribution in [1.29, 1.82) is 0 Å². The third kappa shape index (κ3) is 3.78. The van der Waals surface area contributed by atoms with Crippen LogP contribution in [0.3, 0.4) is 0 Å². The molecule has 1 fully saturated rings. The lowest BCUT2D eigenvalue weighted by Crippen LogP contribution is -2.56. The molecule has 1 aliphatic heterocycles. The highest BCUT2D eigenvalue weighted by Crippen LogP contribution is 2.25. The van der Waals surface area contributed by atoms with Crippen LogP contribution >= 0.6 is 0 Å². The second-order valence-corrected chi connectivity index (χ2v) is 6.59. The first kappa shape index (κ1) is 15.7. The van der Waals surface area contributed by atoms with E-state index in [0.29, 0.717) is 0 Å². The minimum atomic E-state index is -0.399. The van der Waals surface area contributed by atoms with Gasteiger partial charge in [-0.25, -0.2) is 0 Å². The van der Waals surface area contributed by atoms with Crippen LogP contribution in [0.15, 0.2) is 40.8 Å².